The molecule has 0 aromatic rings. The van der Waals surface area contributed by atoms with Gasteiger partial charge in [0.15, 0.2) is 0 Å². The molecule has 0 aromatic carbocycles. The summed E-state index contributed by atoms with van der Waals surface area (Å²) in [6.07, 6.45) is 11.4. The zero-order valence-electron chi connectivity index (χ0n) is 14.8. The van der Waals surface area contributed by atoms with Gasteiger partial charge in [-0.25, -0.2) is 0 Å². The van der Waals surface area contributed by atoms with Crippen LogP contribution in [0.2, 0.25) is 0 Å². The molecule has 0 aromatic heterocycles. The topological polar surface area (TPSA) is 12.0 Å². The van der Waals surface area contributed by atoms with Crippen LogP contribution in [0.5, 0.6) is 0 Å². The lowest BCUT2D eigenvalue weighted by molar-refractivity contribution is 0.145. The molecular formula is C19H39N. The van der Waals surface area contributed by atoms with Gasteiger partial charge >= 0.3 is 0 Å². The molecule has 0 heterocycles. The van der Waals surface area contributed by atoms with Crippen LogP contribution >= 0.6 is 0 Å². The molecule has 0 aliphatic heterocycles. The number of hydrogen-bond acceptors (Lipinski definition) is 1. The fourth-order valence-electron chi connectivity index (χ4n) is 3.80. The molecule has 0 spiro atoms. The number of nitrogens with one attached hydrogen (secondary N) is 1. The zero-order chi connectivity index (χ0) is 15.0. The molecule has 0 saturated heterocycles. The van der Waals surface area contributed by atoms with E-state index in [1.54, 1.807) is 0 Å². The highest BCUT2D eigenvalue weighted by molar-refractivity contribution is 4.82. The first kappa shape index (κ1) is 18.0. The van der Waals surface area contributed by atoms with E-state index >= 15 is 0 Å². The molecule has 120 valence electrons. The minimum atomic E-state index is 0.499. The Bertz CT molecular complexity index is 241. The Labute approximate surface area is 128 Å². The minimum absolute atomic E-state index is 0.499. The molecular weight excluding hydrogens is 242 g/mol. The Hall–Kier alpha value is -0.0400. The van der Waals surface area contributed by atoms with Crippen LogP contribution in [0.15, 0.2) is 0 Å². The van der Waals surface area contributed by atoms with Crippen molar-refractivity contribution in [2.75, 3.05) is 13.1 Å². The summed E-state index contributed by atoms with van der Waals surface area (Å²) in [7, 11) is 0. The second kappa shape index (κ2) is 9.07. The summed E-state index contributed by atoms with van der Waals surface area (Å²) in [5.41, 5.74) is 0.499. The van der Waals surface area contributed by atoms with Crippen molar-refractivity contribution < 1.29 is 0 Å². The lowest BCUT2D eigenvalue weighted by atomic mass is 9.69. The average Bonchev–Trinajstić information content (AvgIpc) is 2.38. The summed E-state index contributed by atoms with van der Waals surface area (Å²) < 4.78 is 0. The molecule has 1 aliphatic carbocycles. The fourth-order valence-corrected chi connectivity index (χ4v) is 3.80. The summed E-state index contributed by atoms with van der Waals surface area (Å²) in [6.45, 7) is 14.3. The van der Waals surface area contributed by atoms with E-state index in [0.717, 1.165) is 17.8 Å². The first-order valence-corrected chi connectivity index (χ1v) is 9.17. The highest BCUT2D eigenvalue weighted by Crippen LogP contribution is 2.40. The summed E-state index contributed by atoms with van der Waals surface area (Å²) in [4.78, 5) is 0. The maximum absolute atomic E-state index is 3.68. The van der Waals surface area contributed by atoms with E-state index in [9.17, 15) is 0 Å². The van der Waals surface area contributed by atoms with Crippen molar-refractivity contribution in [3.8, 4) is 0 Å². The molecule has 1 saturated carbocycles. The Morgan fingerprint density at radius 2 is 1.70 bits per heavy atom. The minimum Gasteiger partial charge on any atom is -0.316 e. The summed E-state index contributed by atoms with van der Waals surface area (Å²) in [6, 6.07) is 0. The predicted octanol–water partition coefficient (Wildman–Crippen LogP) is 5.64. The smallest absolute Gasteiger partial charge is 0.00179 e. The highest BCUT2D eigenvalue weighted by atomic mass is 14.9. The molecule has 1 nitrogen and oxygen atoms in total. The molecule has 3 atom stereocenters. The van der Waals surface area contributed by atoms with E-state index in [2.05, 4.69) is 39.9 Å². The zero-order valence-corrected chi connectivity index (χ0v) is 14.8. The van der Waals surface area contributed by atoms with E-state index < -0.39 is 0 Å². The number of hydrogen-bond donors (Lipinski definition) is 1. The Kier molecular flexibility index (Phi) is 8.17. The first-order chi connectivity index (χ1) is 9.46. The highest BCUT2D eigenvalue weighted by Gasteiger charge is 2.30. The van der Waals surface area contributed by atoms with E-state index in [1.165, 1.54) is 64.5 Å². The fraction of sp³-hybridized carbons (Fsp3) is 1.00. The lowest BCUT2D eigenvalue weighted by Gasteiger charge is -2.38. The second-order valence-electron chi connectivity index (χ2n) is 8.29. The van der Waals surface area contributed by atoms with Crippen molar-refractivity contribution in [3.63, 3.8) is 0 Å². The van der Waals surface area contributed by atoms with Crippen LogP contribution in [0, 0.1) is 23.2 Å². The van der Waals surface area contributed by atoms with Gasteiger partial charge in [0, 0.05) is 0 Å². The van der Waals surface area contributed by atoms with Crippen LogP contribution in [0.3, 0.4) is 0 Å². The SMILES string of the molecule is CCCNCC1CCC(CCC)CC1CCC(C)(C)C. The monoisotopic (exact) mass is 281 g/mol. The van der Waals surface area contributed by atoms with E-state index in [0.29, 0.717) is 5.41 Å². The molecule has 0 radical (unpaired) electrons. The van der Waals surface area contributed by atoms with Crippen LogP contribution in [0.25, 0.3) is 0 Å². The van der Waals surface area contributed by atoms with Crippen molar-refractivity contribution in [1.29, 1.82) is 0 Å². The summed E-state index contributed by atoms with van der Waals surface area (Å²) >= 11 is 0. The standard InChI is InChI=1S/C19H39N/c1-6-8-16-9-10-18(15-20-13-7-2)17(14-16)11-12-19(3,4)5/h16-18,20H,6-15H2,1-5H3. The maximum Gasteiger partial charge on any atom is -0.00179 e. The summed E-state index contributed by atoms with van der Waals surface area (Å²) in [5.74, 6) is 2.94. The second-order valence-corrected chi connectivity index (χ2v) is 8.29. The van der Waals surface area contributed by atoms with Crippen LogP contribution < -0.4 is 5.32 Å². The number of rotatable bonds is 8. The molecule has 1 N–H and O–H groups in total. The lowest BCUT2D eigenvalue weighted by Crippen LogP contribution is -2.34. The Balaban J connectivity index is 2.48. The molecule has 0 amide bonds. The molecule has 1 heteroatoms. The third kappa shape index (κ3) is 7.11. The van der Waals surface area contributed by atoms with Crippen LogP contribution in [-0.2, 0) is 0 Å². The van der Waals surface area contributed by atoms with Gasteiger partial charge in [-0.05, 0) is 68.4 Å². The molecule has 1 aliphatic rings. The largest absolute Gasteiger partial charge is 0.316 e. The van der Waals surface area contributed by atoms with Crippen LogP contribution in [0.4, 0.5) is 0 Å². The van der Waals surface area contributed by atoms with Crippen molar-refractivity contribution in [3.05, 3.63) is 0 Å². The third-order valence-corrected chi connectivity index (χ3v) is 5.04. The van der Waals surface area contributed by atoms with Gasteiger partial charge in [0.1, 0.15) is 0 Å². The van der Waals surface area contributed by atoms with Gasteiger partial charge in [-0.1, -0.05) is 53.9 Å². The first-order valence-electron chi connectivity index (χ1n) is 9.17. The van der Waals surface area contributed by atoms with Gasteiger partial charge in [0.25, 0.3) is 0 Å². The normalized spacial score (nSPS) is 27.8. The Morgan fingerprint density at radius 1 is 0.950 bits per heavy atom. The molecule has 0 bridgehead atoms. The third-order valence-electron chi connectivity index (χ3n) is 5.04. The van der Waals surface area contributed by atoms with Crippen molar-refractivity contribution >= 4 is 0 Å². The van der Waals surface area contributed by atoms with Crippen molar-refractivity contribution in [2.24, 2.45) is 23.2 Å². The predicted molar refractivity (Wildman–Crippen MR) is 91.1 cm³/mol. The maximum atomic E-state index is 3.68. The van der Waals surface area contributed by atoms with E-state index in [1.807, 2.05) is 0 Å². The van der Waals surface area contributed by atoms with Gasteiger partial charge in [0.05, 0.1) is 0 Å². The molecule has 3 unspecified atom stereocenters. The molecule has 20 heavy (non-hydrogen) atoms. The van der Waals surface area contributed by atoms with Gasteiger partial charge in [-0.15, -0.1) is 0 Å². The van der Waals surface area contributed by atoms with E-state index in [-0.39, 0.29) is 0 Å². The van der Waals surface area contributed by atoms with Crippen LogP contribution in [0.1, 0.15) is 86.0 Å². The Morgan fingerprint density at radius 3 is 2.30 bits per heavy atom. The van der Waals surface area contributed by atoms with Gasteiger partial charge in [0.2, 0.25) is 0 Å². The van der Waals surface area contributed by atoms with Crippen LogP contribution in [-0.4, -0.2) is 13.1 Å². The van der Waals surface area contributed by atoms with Crippen molar-refractivity contribution in [1.82, 2.24) is 5.32 Å². The van der Waals surface area contributed by atoms with Gasteiger partial charge in [-0.3, -0.25) is 0 Å². The molecule has 1 rings (SSSR count). The van der Waals surface area contributed by atoms with E-state index in [4.69, 9.17) is 0 Å². The summed E-state index contributed by atoms with van der Waals surface area (Å²) in [5, 5.41) is 3.68. The van der Waals surface area contributed by atoms with Gasteiger partial charge < -0.3 is 5.32 Å². The molecule has 1 fully saturated rings. The quantitative estimate of drug-likeness (QED) is 0.567. The van der Waals surface area contributed by atoms with Gasteiger partial charge in [-0.2, -0.15) is 0 Å². The average molecular weight is 282 g/mol. The van der Waals surface area contributed by atoms with Crippen molar-refractivity contribution in [2.45, 2.75) is 86.0 Å².